The SMILES string of the molecule is CN(C)C(=O)C[C@@H]1CCN(c2n[nH]c3nccc(-c4ccc(CNC(=O)c5nc6c(o5)CCCC6)c(F)c4)c23)C1. The van der Waals surface area contributed by atoms with Crippen LogP contribution in [0.15, 0.2) is 34.9 Å². The maximum Gasteiger partial charge on any atom is 0.307 e. The quantitative estimate of drug-likeness (QED) is 0.362. The molecule has 11 heteroatoms. The molecule has 1 aliphatic carbocycles. The number of fused-ring (bicyclic) bond motifs is 2. The molecule has 6 rings (SSSR count). The molecule has 208 valence electrons. The van der Waals surface area contributed by atoms with Gasteiger partial charge in [0.25, 0.3) is 5.89 Å². The highest BCUT2D eigenvalue weighted by molar-refractivity contribution is 6.00. The third-order valence-electron chi connectivity index (χ3n) is 7.83. The summed E-state index contributed by atoms with van der Waals surface area (Å²) in [6.45, 7) is 1.51. The van der Waals surface area contributed by atoms with Crippen molar-refractivity contribution in [3.8, 4) is 11.1 Å². The lowest BCUT2D eigenvalue weighted by molar-refractivity contribution is -0.129. The van der Waals surface area contributed by atoms with Crippen LogP contribution in [-0.4, -0.2) is 64.1 Å². The number of benzene rings is 1. The summed E-state index contributed by atoms with van der Waals surface area (Å²) in [6.07, 6.45) is 6.75. The highest BCUT2D eigenvalue weighted by atomic mass is 19.1. The third-order valence-corrected chi connectivity index (χ3v) is 7.83. The Morgan fingerprint density at radius 1 is 1.23 bits per heavy atom. The molecule has 1 atom stereocenters. The fourth-order valence-corrected chi connectivity index (χ4v) is 5.58. The number of anilines is 1. The van der Waals surface area contributed by atoms with E-state index in [0.717, 1.165) is 66.9 Å². The minimum Gasteiger partial charge on any atom is -0.437 e. The Balaban J connectivity index is 1.19. The van der Waals surface area contributed by atoms with Gasteiger partial charge >= 0.3 is 5.91 Å². The standard InChI is InChI=1S/C29H32FN7O3/c1-36(2)24(38)13-17-10-12-37(16-17)27-25-20(9-11-31-26(25)34-35-27)18-7-8-19(21(30)14-18)15-32-28(39)29-33-22-5-3-4-6-23(22)40-29/h7-9,11,14,17H,3-6,10,12-13,15-16H2,1-2H3,(H,32,39)(H,31,34,35)/t17-/m0/s1. The molecule has 4 heterocycles. The van der Waals surface area contributed by atoms with Crippen LogP contribution in [0.3, 0.4) is 0 Å². The molecule has 1 aromatic carbocycles. The number of oxazole rings is 1. The van der Waals surface area contributed by atoms with Crippen molar-refractivity contribution in [2.75, 3.05) is 32.1 Å². The molecular weight excluding hydrogens is 513 g/mol. The lowest BCUT2D eigenvalue weighted by Gasteiger charge is -2.18. The van der Waals surface area contributed by atoms with Crippen LogP contribution in [0.25, 0.3) is 22.2 Å². The van der Waals surface area contributed by atoms with E-state index in [-0.39, 0.29) is 24.3 Å². The first-order chi connectivity index (χ1) is 19.4. The topological polar surface area (TPSA) is 120 Å². The molecule has 2 N–H and O–H groups in total. The molecule has 1 fully saturated rings. The van der Waals surface area contributed by atoms with Crippen LogP contribution in [0.5, 0.6) is 0 Å². The fraction of sp³-hybridized carbons (Fsp3) is 0.414. The van der Waals surface area contributed by atoms with Gasteiger partial charge in [0.1, 0.15) is 11.6 Å². The fourth-order valence-electron chi connectivity index (χ4n) is 5.58. The van der Waals surface area contributed by atoms with E-state index < -0.39 is 11.7 Å². The zero-order valence-corrected chi connectivity index (χ0v) is 22.7. The summed E-state index contributed by atoms with van der Waals surface area (Å²) in [7, 11) is 3.55. The zero-order valence-electron chi connectivity index (χ0n) is 22.7. The summed E-state index contributed by atoms with van der Waals surface area (Å²) in [5.41, 5.74) is 3.31. The number of nitrogens with one attached hydrogen (secondary N) is 2. The van der Waals surface area contributed by atoms with E-state index in [9.17, 15) is 9.59 Å². The lowest BCUT2D eigenvalue weighted by atomic mass is 10.0. The van der Waals surface area contributed by atoms with Crippen LogP contribution >= 0.6 is 0 Å². The van der Waals surface area contributed by atoms with Gasteiger partial charge in [-0.25, -0.2) is 14.4 Å². The Kier molecular flexibility index (Phi) is 6.95. The molecule has 1 saturated heterocycles. The van der Waals surface area contributed by atoms with Crippen LogP contribution in [0.2, 0.25) is 0 Å². The molecule has 4 aromatic rings. The number of carbonyl (C=O) groups is 2. The van der Waals surface area contributed by atoms with E-state index in [4.69, 9.17) is 4.42 Å². The summed E-state index contributed by atoms with van der Waals surface area (Å²) < 4.78 is 20.9. The summed E-state index contributed by atoms with van der Waals surface area (Å²) in [6, 6.07) is 6.84. The monoisotopic (exact) mass is 545 g/mol. The normalized spacial score (nSPS) is 16.8. The number of aryl methyl sites for hydroxylation is 2. The van der Waals surface area contributed by atoms with Gasteiger partial charge in [-0.2, -0.15) is 5.10 Å². The van der Waals surface area contributed by atoms with Gasteiger partial charge in [-0.1, -0.05) is 12.1 Å². The molecule has 0 saturated carbocycles. The number of halogens is 1. The molecule has 3 aromatic heterocycles. The highest BCUT2D eigenvalue weighted by Crippen LogP contribution is 2.36. The number of H-pyrrole nitrogens is 1. The molecule has 0 unspecified atom stereocenters. The molecule has 10 nitrogen and oxygen atoms in total. The molecule has 2 amide bonds. The van der Waals surface area contributed by atoms with Crippen molar-refractivity contribution in [1.82, 2.24) is 30.4 Å². The van der Waals surface area contributed by atoms with E-state index in [1.165, 1.54) is 6.07 Å². The van der Waals surface area contributed by atoms with Gasteiger partial charge in [0.15, 0.2) is 11.5 Å². The van der Waals surface area contributed by atoms with Gasteiger partial charge < -0.3 is 19.5 Å². The van der Waals surface area contributed by atoms with Gasteiger partial charge in [0.05, 0.1) is 11.1 Å². The van der Waals surface area contributed by atoms with E-state index in [1.54, 1.807) is 31.3 Å². The average Bonchev–Trinajstić information content (AvgIpc) is 3.70. The Morgan fingerprint density at radius 3 is 2.88 bits per heavy atom. The number of rotatable bonds is 7. The average molecular weight is 546 g/mol. The number of aromatic nitrogens is 4. The number of hydrogen-bond donors (Lipinski definition) is 2. The van der Waals surface area contributed by atoms with Crippen LogP contribution in [-0.2, 0) is 24.2 Å². The summed E-state index contributed by atoms with van der Waals surface area (Å²) >= 11 is 0. The van der Waals surface area contributed by atoms with Crippen molar-refractivity contribution < 1.29 is 18.4 Å². The van der Waals surface area contributed by atoms with Gasteiger partial charge in [-0.15, -0.1) is 0 Å². The predicted octanol–water partition coefficient (Wildman–Crippen LogP) is 3.87. The minimum atomic E-state index is -0.451. The van der Waals surface area contributed by atoms with Crippen LogP contribution in [0.1, 0.15) is 53.4 Å². The molecule has 40 heavy (non-hydrogen) atoms. The Hall–Kier alpha value is -4.28. The number of carbonyl (C=O) groups excluding carboxylic acids is 2. The maximum atomic E-state index is 15.3. The smallest absolute Gasteiger partial charge is 0.307 e. The molecular formula is C29H32FN7O3. The van der Waals surface area contributed by atoms with Gasteiger partial charge in [0, 0.05) is 58.3 Å². The first-order valence-corrected chi connectivity index (χ1v) is 13.7. The number of hydrogen-bond acceptors (Lipinski definition) is 7. The van der Waals surface area contributed by atoms with Crippen molar-refractivity contribution >= 4 is 28.7 Å². The Labute approximate surface area is 231 Å². The second-order valence-electron chi connectivity index (χ2n) is 10.8. The van der Waals surface area contributed by atoms with Crippen molar-refractivity contribution in [2.24, 2.45) is 5.92 Å². The first kappa shape index (κ1) is 26.0. The zero-order chi connectivity index (χ0) is 27.8. The van der Waals surface area contributed by atoms with Gasteiger partial charge in [0.2, 0.25) is 5.91 Å². The van der Waals surface area contributed by atoms with Gasteiger partial charge in [-0.05, 0) is 54.9 Å². The van der Waals surface area contributed by atoms with Crippen molar-refractivity contribution in [2.45, 2.75) is 45.1 Å². The number of amides is 2. The number of pyridine rings is 1. The summed E-state index contributed by atoms with van der Waals surface area (Å²) in [5, 5.41) is 11.1. The largest absolute Gasteiger partial charge is 0.437 e. The van der Waals surface area contributed by atoms with Crippen LogP contribution in [0, 0.1) is 11.7 Å². The molecule has 2 aliphatic rings. The second kappa shape index (κ2) is 10.7. The molecule has 0 bridgehead atoms. The van der Waals surface area contributed by atoms with E-state index in [1.807, 2.05) is 12.1 Å². The van der Waals surface area contributed by atoms with E-state index in [2.05, 4.69) is 30.4 Å². The molecule has 0 spiro atoms. The lowest BCUT2D eigenvalue weighted by Crippen LogP contribution is -2.26. The predicted molar refractivity (Wildman–Crippen MR) is 147 cm³/mol. The van der Waals surface area contributed by atoms with E-state index in [0.29, 0.717) is 29.7 Å². The maximum absolute atomic E-state index is 15.3. The summed E-state index contributed by atoms with van der Waals surface area (Å²) in [5.74, 6) is 1.05. The summed E-state index contributed by atoms with van der Waals surface area (Å²) in [4.78, 5) is 37.3. The van der Waals surface area contributed by atoms with E-state index >= 15 is 4.39 Å². The third kappa shape index (κ3) is 5.03. The Bertz CT molecular complexity index is 1550. The number of nitrogens with zero attached hydrogens (tertiary/aromatic N) is 5. The van der Waals surface area contributed by atoms with Gasteiger partial charge in [-0.3, -0.25) is 14.7 Å². The van der Waals surface area contributed by atoms with Crippen molar-refractivity contribution in [1.29, 1.82) is 0 Å². The second-order valence-corrected chi connectivity index (χ2v) is 10.8. The first-order valence-electron chi connectivity index (χ1n) is 13.7. The van der Waals surface area contributed by atoms with Crippen molar-refractivity contribution in [3.63, 3.8) is 0 Å². The molecule has 0 radical (unpaired) electrons. The Morgan fingerprint density at radius 2 is 2.08 bits per heavy atom. The highest BCUT2D eigenvalue weighted by Gasteiger charge is 2.29. The van der Waals surface area contributed by atoms with Crippen LogP contribution < -0.4 is 10.2 Å². The van der Waals surface area contributed by atoms with Crippen molar-refractivity contribution in [3.05, 3.63) is 59.2 Å². The van der Waals surface area contributed by atoms with Crippen LogP contribution in [0.4, 0.5) is 10.2 Å². The minimum absolute atomic E-state index is 0.0154. The number of aromatic amines is 1. The molecule has 1 aliphatic heterocycles.